The summed E-state index contributed by atoms with van der Waals surface area (Å²) >= 11 is 3.89. The van der Waals surface area contributed by atoms with Crippen LogP contribution < -0.4 is 5.32 Å². The highest BCUT2D eigenvalue weighted by Crippen LogP contribution is 2.06. The molecule has 4 nitrogen and oxygen atoms in total. The lowest BCUT2D eigenvalue weighted by Gasteiger charge is -2.09. The number of epoxide rings is 1. The zero-order valence-corrected chi connectivity index (χ0v) is 6.88. The summed E-state index contributed by atoms with van der Waals surface area (Å²) < 4.78 is 4.90. The van der Waals surface area contributed by atoms with Gasteiger partial charge in [-0.25, -0.2) is 0 Å². The van der Waals surface area contributed by atoms with E-state index in [0.717, 1.165) is 6.61 Å². The number of rotatable bonds is 5. The van der Waals surface area contributed by atoms with Crippen molar-refractivity contribution in [2.75, 3.05) is 18.9 Å². The molecular weight excluding hydrogens is 166 g/mol. The minimum atomic E-state index is -0.861. The van der Waals surface area contributed by atoms with Crippen LogP contribution >= 0.6 is 12.6 Å². The van der Waals surface area contributed by atoms with E-state index in [1.807, 2.05) is 0 Å². The molecule has 2 unspecified atom stereocenters. The van der Waals surface area contributed by atoms with Crippen molar-refractivity contribution in [3.63, 3.8) is 0 Å². The third-order valence-electron chi connectivity index (χ3n) is 1.47. The van der Waals surface area contributed by atoms with Gasteiger partial charge in [-0.2, -0.15) is 12.6 Å². The summed E-state index contributed by atoms with van der Waals surface area (Å²) in [4.78, 5) is 10.4. The van der Waals surface area contributed by atoms with Gasteiger partial charge < -0.3 is 15.2 Å². The van der Waals surface area contributed by atoms with Gasteiger partial charge in [0.15, 0.2) is 0 Å². The van der Waals surface area contributed by atoms with Crippen molar-refractivity contribution in [1.29, 1.82) is 0 Å². The average Bonchev–Trinajstić information content (AvgIpc) is 2.72. The van der Waals surface area contributed by atoms with Gasteiger partial charge in [0.1, 0.15) is 6.04 Å². The van der Waals surface area contributed by atoms with E-state index in [-0.39, 0.29) is 6.10 Å². The Hall–Kier alpha value is -0.260. The van der Waals surface area contributed by atoms with E-state index in [1.165, 1.54) is 0 Å². The van der Waals surface area contributed by atoms with E-state index in [2.05, 4.69) is 17.9 Å². The van der Waals surface area contributed by atoms with Crippen LogP contribution in [0, 0.1) is 0 Å². The van der Waals surface area contributed by atoms with Crippen molar-refractivity contribution in [2.45, 2.75) is 12.1 Å². The van der Waals surface area contributed by atoms with E-state index >= 15 is 0 Å². The number of thiol groups is 1. The van der Waals surface area contributed by atoms with Crippen LogP contribution in [0.25, 0.3) is 0 Å². The quantitative estimate of drug-likeness (QED) is 0.386. The second kappa shape index (κ2) is 3.94. The molecule has 64 valence electrons. The van der Waals surface area contributed by atoms with Gasteiger partial charge in [0.25, 0.3) is 0 Å². The highest BCUT2D eigenvalue weighted by Gasteiger charge is 2.24. The monoisotopic (exact) mass is 177 g/mol. The lowest BCUT2D eigenvalue weighted by Crippen LogP contribution is -2.40. The van der Waals surface area contributed by atoms with Crippen LogP contribution in [-0.2, 0) is 9.53 Å². The van der Waals surface area contributed by atoms with E-state index in [0.29, 0.717) is 12.3 Å². The van der Waals surface area contributed by atoms with E-state index in [1.54, 1.807) is 0 Å². The van der Waals surface area contributed by atoms with Crippen molar-refractivity contribution in [1.82, 2.24) is 5.32 Å². The predicted molar refractivity (Wildman–Crippen MR) is 43.0 cm³/mol. The van der Waals surface area contributed by atoms with Crippen LogP contribution in [0.15, 0.2) is 0 Å². The molecule has 2 atom stereocenters. The molecule has 1 fully saturated rings. The van der Waals surface area contributed by atoms with Crippen molar-refractivity contribution < 1.29 is 14.6 Å². The van der Waals surface area contributed by atoms with Crippen molar-refractivity contribution in [3.8, 4) is 0 Å². The fraction of sp³-hybridized carbons (Fsp3) is 0.833. The Morgan fingerprint density at radius 3 is 2.91 bits per heavy atom. The first-order valence-corrected chi connectivity index (χ1v) is 4.06. The maximum Gasteiger partial charge on any atom is 0.321 e. The minimum Gasteiger partial charge on any atom is -0.480 e. The molecule has 2 N–H and O–H groups in total. The Balaban J connectivity index is 2.13. The highest BCUT2D eigenvalue weighted by molar-refractivity contribution is 7.80. The number of hydrogen-bond donors (Lipinski definition) is 3. The minimum absolute atomic E-state index is 0.219. The summed E-state index contributed by atoms with van der Waals surface area (Å²) in [7, 11) is 0. The Labute approximate surface area is 70.3 Å². The number of ether oxygens (including phenoxy) is 1. The normalized spacial score (nSPS) is 24.6. The maximum absolute atomic E-state index is 10.4. The second-order valence-electron chi connectivity index (χ2n) is 2.44. The number of nitrogens with one attached hydrogen (secondary N) is 1. The maximum atomic E-state index is 10.4. The van der Waals surface area contributed by atoms with Gasteiger partial charge in [-0.3, -0.25) is 4.79 Å². The van der Waals surface area contributed by atoms with Crippen LogP contribution in [0.5, 0.6) is 0 Å². The van der Waals surface area contributed by atoms with Gasteiger partial charge in [-0.15, -0.1) is 0 Å². The molecule has 0 aromatic heterocycles. The molecule has 0 saturated carbocycles. The molecule has 11 heavy (non-hydrogen) atoms. The molecular formula is C6H11NO3S. The molecule has 1 aliphatic heterocycles. The molecule has 1 heterocycles. The molecule has 5 heteroatoms. The van der Waals surface area contributed by atoms with Gasteiger partial charge in [0, 0.05) is 12.3 Å². The predicted octanol–water partition coefficient (Wildman–Crippen LogP) is -0.642. The number of aliphatic carboxylic acids is 1. The van der Waals surface area contributed by atoms with Gasteiger partial charge in [0.05, 0.1) is 12.7 Å². The smallest absolute Gasteiger partial charge is 0.321 e. The molecule has 0 aromatic rings. The Morgan fingerprint density at radius 2 is 2.55 bits per heavy atom. The number of hydrogen-bond acceptors (Lipinski definition) is 4. The lowest BCUT2D eigenvalue weighted by molar-refractivity contribution is -0.138. The molecule has 1 rings (SSSR count). The lowest BCUT2D eigenvalue weighted by atomic mass is 10.3. The third-order valence-corrected chi connectivity index (χ3v) is 1.84. The fourth-order valence-electron chi connectivity index (χ4n) is 0.690. The topological polar surface area (TPSA) is 61.9 Å². The first-order chi connectivity index (χ1) is 5.24. The Kier molecular flexibility index (Phi) is 3.16. The molecule has 1 saturated heterocycles. The molecule has 0 radical (unpaired) electrons. The fourth-order valence-corrected chi connectivity index (χ4v) is 0.975. The summed E-state index contributed by atoms with van der Waals surface area (Å²) in [6.45, 7) is 1.35. The van der Waals surface area contributed by atoms with E-state index < -0.39 is 12.0 Å². The SMILES string of the molecule is O=C(O)C(CS)NCC1CO1. The van der Waals surface area contributed by atoms with Crippen molar-refractivity contribution >= 4 is 18.6 Å². The first kappa shape index (κ1) is 8.83. The number of carboxylic acids is 1. The largest absolute Gasteiger partial charge is 0.480 e. The Bertz CT molecular complexity index is 149. The third kappa shape index (κ3) is 3.09. The Morgan fingerprint density at radius 1 is 1.91 bits per heavy atom. The van der Waals surface area contributed by atoms with Gasteiger partial charge in [-0.05, 0) is 0 Å². The van der Waals surface area contributed by atoms with Crippen molar-refractivity contribution in [3.05, 3.63) is 0 Å². The zero-order valence-electron chi connectivity index (χ0n) is 5.99. The van der Waals surface area contributed by atoms with Gasteiger partial charge >= 0.3 is 5.97 Å². The number of carbonyl (C=O) groups is 1. The van der Waals surface area contributed by atoms with Crippen LogP contribution in [0.3, 0.4) is 0 Å². The summed E-state index contributed by atoms with van der Waals surface area (Å²) in [6.07, 6.45) is 0.219. The van der Waals surface area contributed by atoms with Gasteiger partial charge in [-0.1, -0.05) is 0 Å². The first-order valence-electron chi connectivity index (χ1n) is 3.42. The highest BCUT2D eigenvalue weighted by atomic mass is 32.1. The standard InChI is InChI=1S/C6H11NO3S/c8-6(9)5(3-11)7-1-4-2-10-4/h4-5,7,11H,1-3H2,(H,8,9). The van der Waals surface area contributed by atoms with Crippen LogP contribution in [0.1, 0.15) is 0 Å². The molecule has 0 aliphatic carbocycles. The van der Waals surface area contributed by atoms with E-state index in [9.17, 15) is 4.79 Å². The van der Waals surface area contributed by atoms with Crippen LogP contribution in [0.4, 0.5) is 0 Å². The number of carboxylic acid groups (broad SMARTS) is 1. The van der Waals surface area contributed by atoms with Crippen molar-refractivity contribution in [2.24, 2.45) is 0 Å². The summed E-state index contributed by atoms with van der Waals surface area (Å²) in [6, 6.07) is -0.553. The average molecular weight is 177 g/mol. The molecule has 0 amide bonds. The second-order valence-corrected chi connectivity index (χ2v) is 2.80. The van der Waals surface area contributed by atoms with Crippen LogP contribution in [-0.4, -0.2) is 42.1 Å². The molecule has 1 aliphatic rings. The molecule has 0 aromatic carbocycles. The van der Waals surface area contributed by atoms with Gasteiger partial charge in [0.2, 0.25) is 0 Å². The molecule has 0 spiro atoms. The molecule has 0 bridgehead atoms. The summed E-state index contributed by atoms with van der Waals surface area (Å²) in [5.74, 6) is -0.553. The summed E-state index contributed by atoms with van der Waals surface area (Å²) in [5, 5.41) is 11.4. The van der Waals surface area contributed by atoms with Crippen LogP contribution in [0.2, 0.25) is 0 Å². The van der Waals surface area contributed by atoms with E-state index in [4.69, 9.17) is 9.84 Å². The summed E-state index contributed by atoms with van der Waals surface area (Å²) in [5.41, 5.74) is 0. The zero-order chi connectivity index (χ0) is 8.27.